The first-order valence-electron chi connectivity index (χ1n) is 5.34. The molecule has 17 heavy (non-hydrogen) atoms. The first-order valence-corrected chi connectivity index (χ1v) is 5.34. The Balaban J connectivity index is 2.18. The van der Waals surface area contributed by atoms with E-state index in [4.69, 9.17) is 4.74 Å². The predicted molar refractivity (Wildman–Crippen MR) is 64.2 cm³/mol. The molecular weight excluding hydrogens is 216 g/mol. The molecule has 1 aromatic heterocycles. The van der Waals surface area contributed by atoms with Crippen molar-refractivity contribution >= 4 is 5.78 Å². The molecule has 0 saturated carbocycles. The molecule has 0 N–H and O–H groups in total. The molecule has 0 atom stereocenters. The van der Waals surface area contributed by atoms with Crippen molar-refractivity contribution in [1.29, 1.82) is 0 Å². The van der Waals surface area contributed by atoms with E-state index in [1.807, 2.05) is 31.3 Å². The van der Waals surface area contributed by atoms with Crippen LogP contribution in [0.15, 0.2) is 36.8 Å². The molecule has 0 bridgehead atoms. The molecule has 0 amide bonds. The second-order valence-corrected chi connectivity index (χ2v) is 3.84. The van der Waals surface area contributed by atoms with Crippen LogP contribution < -0.4 is 4.74 Å². The fourth-order valence-electron chi connectivity index (χ4n) is 1.67. The molecule has 4 heteroatoms. The number of hydrogen-bond donors (Lipinski definition) is 0. The minimum absolute atomic E-state index is 0.00454. The Morgan fingerprint density at radius 3 is 2.82 bits per heavy atom. The van der Waals surface area contributed by atoms with Crippen LogP contribution in [0.25, 0.3) is 0 Å². The van der Waals surface area contributed by atoms with Gasteiger partial charge in [-0.3, -0.25) is 4.79 Å². The second kappa shape index (κ2) is 4.82. The highest BCUT2D eigenvalue weighted by Gasteiger charge is 2.12. The molecule has 1 aromatic carbocycles. The van der Waals surface area contributed by atoms with E-state index in [1.54, 1.807) is 24.2 Å². The molecule has 0 unspecified atom stereocenters. The van der Waals surface area contributed by atoms with E-state index in [2.05, 4.69) is 4.98 Å². The Morgan fingerprint density at radius 2 is 2.18 bits per heavy atom. The second-order valence-electron chi connectivity index (χ2n) is 3.84. The van der Waals surface area contributed by atoms with Crippen molar-refractivity contribution in [2.24, 2.45) is 7.05 Å². The number of rotatable bonds is 4. The normalized spacial score (nSPS) is 10.2. The lowest BCUT2D eigenvalue weighted by Crippen LogP contribution is -2.05. The molecule has 0 aliphatic rings. The third-order valence-corrected chi connectivity index (χ3v) is 2.53. The molecular formula is C13H14N2O2. The van der Waals surface area contributed by atoms with Gasteiger partial charge in [0.1, 0.15) is 11.4 Å². The van der Waals surface area contributed by atoms with Crippen LogP contribution in [0.4, 0.5) is 0 Å². The van der Waals surface area contributed by atoms with Crippen LogP contribution in [-0.4, -0.2) is 22.4 Å². The first kappa shape index (κ1) is 11.4. The van der Waals surface area contributed by atoms with Gasteiger partial charge in [-0.2, -0.15) is 0 Å². The average molecular weight is 230 g/mol. The topological polar surface area (TPSA) is 44.1 Å². The Kier molecular flexibility index (Phi) is 3.23. The van der Waals surface area contributed by atoms with Gasteiger partial charge in [0.2, 0.25) is 0 Å². The SMILES string of the molecule is COc1ccccc1CC(=O)c1cn(C)cn1. The summed E-state index contributed by atoms with van der Waals surface area (Å²) in [6.07, 6.45) is 3.65. The molecule has 0 spiro atoms. The highest BCUT2D eigenvalue weighted by molar-refractivity contribution is 5.95. The number of carbonyl (C=O) groups excluding carboxylic acids is 1. The lowest BCUT2D eigenvalue weighted by molar-refractivity contribution is 0.0987. The molecule has 0 radical (unpaired) electrons. The van der Waals surface area contributed by atoms with Crippen LogP contribution in [0.1, 0.15) is 16.1 Å². The number of nitrogens with zero attached hydrogens (tertiary/aromatic N) is 2. The number of aryl methyl sites for hydroxylation is 1. The Bertz CT molecular complexity index is 532. The van der Waals surface area contributed by atoms with Gasteiger partial charge >= 0.3 is 0 Å². The summed E-state index contributed by atoms with van der Waals surface area (Å²) in [4.78, 5) is 16.0. The lowest BCUT2D eigenvalue weighted by atomic mass is 10.1. The van der Waals surface area contributed by atoms with Gasteiger partial charge in [-0.25, -0.2) is 4.98 Å². The number of methoxy groups -OCH3 is 1. The van der Waals surface area contributed by atoms with E-state index in [-0.39, 0.29) is 5.78 Å². The van der Waals surface area contributed by atoms with E-state index in [9.17, 15) is 4.79 Å². The van der Waals surface area contributed by atoms with Crippen LogP contribution in [0.5, 0.6) is 5.75 Å². The summed E-state index contributed by atoms with van der Waals surface area (Å²) >= 11 is 0. The summed E-state index contributed by atoms with van der Waals surface area (Å²) in [5, 5.41) is 0. The number of Topliss-reactive ketones (excluding diaryl/α,β-unsaturated/α-hetero) is 1. The Labute approximate surface area is 99.9 Å². The third-order valence-electron chi connectivity index (χ3n) is 2.53. The van der Waals surface area contributed by atoms with Gasteiger partial charge in [-0.15, -0.1) is 0 Å². The number of aromatic nitrogens is 2. The third kappa shape index (κ3) is 2.53. The van der Waals surface area contributed by atoms with Gasteiger partial charge in [0, 0.05) is 25.2 Å². The van der Waals surface area contributed by atoms with Gasteiger partial charge in [0.25, 0.3) is 0 Å². The van der Waals surface area contributed by atoms with Gasteiger partial charge in [0.05, 0.1) is 13.4 Å². The molecule has 2 aromatic rings. The number of hydrogen-bond acceptors (Lipinski definition) is 3. The van der Waals surface area contributed by atoms with E-state index in [0.29, 0.717) is 12.1 Å². The molecule has 1 heterocycles. The van der Waals surface area contributed by atoms with Crippen LogP contribution >= 0.6 is 0 Å². The van der Waals surface area contributed by atoms with E-state index < -0.39 is 0 Å². The first-order chi connectivity index (χ1) is 8.20. The lowest BCUT2D eigenvalue weighted by Gasteiger charge is -2.06. The number of carbonyl (C=O) groups is 1. The van der Waals surface area contributed by atoms with E-state index >= 15 is 0 Å². The summed E-state index contributed by atoms with van der Waals surface area (Å²) < 4.78 is 6.97. The van der Waals surface area contributed by atoms with E-state index in [0.717, 1.165) is 11.3 Å². The summed E-state index contributed by atoms with van der Waals surface area (Å²) in [6.45, 7) is 0. The molecule has 0 aliphatic heterocycles. The van der Waals surface area contributed by atoms with Crippen LogP contribution in [0.2, 0.25) is 0 Å². The monoisotopic (exact) mass is 230 g/mol. The zero-order valence-corrected chi connectivity index (χ0v) is 9.88. The number of ketones is 1. The number of benzene rings is 1. The van der Waals surface area contributed by atoms with E-state index in [1.165, 1.54) is 0 Å². The molecule has 2 rings (SSSR count). The number of imidazole rings is 1. The number of ether oxygens (including phenoxy) is 1. The van der Waals surface area contributed by atoms with Crippen molar-refractivity contribution in [2.45, 2.75) is 6.42 Å². The molecule has 0 aliphatic carbocycles. The van der Waals surface area contributed by atoms with Gasteiger partial charge in [-0.05, 0) is 6.07 Å². The Morgan fingerprint density at radius 1 is 1.41 bits per heavy atom. The maximum absolute atomic E-state index is 12.0. The maximum atomic E-state index is 12.0. The minimum atomic E-state index is -0.00454. The standard InChI is InChI=1S/C13H14N2O2/c1-15-8-11(14-9-15)12(16)7-10-5-3-4-6-13(10)17-2/h3-6,8-9H,7H2,1-2H3. The molecule has 4 nitrogen and oxygen atoms in total. The maximum Gasteiger partial charge on any atom is 0.187 e. The van der Waals surface area contributed by atoms with Gasteiger partial charge < -0.3 is 9.30 Å². The number of para-hydroxylation sites is 1. The van der Waals surface area contributed by atoms with Crippen molar-refractivity contribution in [3.05, 3.63) is 48.0 Å². The van der Waals surface area contributed by atoms with Crippen molar-refractivity contribution in [1.82, 2.24) is 9.55 Å². The van der Waals surface area contributed by atoms with Crippen LogP contribution in [0.3, 0.4) is 0 Å². The van der Waals surface area contributed by atoms with Crippen molar-refractivity contribution in [2.75, 3.05) is 7.11 Å². The Hall–Kier alpha value is -2.10. The summed E-state index contributed by atoms with van der Waals surface area (Å²) in [5.41, 5.74) is 1.36. The minimum Gasteiger partial charge on any atom is -0.496 e. The summed E-state index contributed by atoms with van der Waals surface area (Å²) in [6, 6.07) is 7.51. The highest BCUT2D eigenvalue weighted by atomic mass is 16.5. The molecule has 88 valence electrons. The van der Waals surface area contributed by atoms with Crippen LogP contribution in [-0.2, 0) is 13.5 Å². The zero-order valence-electron chi connectivity index (χ0n) is 9.88. The van der Waals surface area contributed by atoms with Crippen molar-refractivity contribution in [3.8, 4) is 5.75 Å². The zero-order chi connectivity index (χ0) is 12.3. The largest absolute Gasteiger partial charge is 0.496 e. The predicted octanol–water partition coefficient (Wildman–Crippen LogP) is 1.85. The average Bonchev–Trinajstić information content (AvgIpc) is 2.77. The quantitative estimate of drug-likeness (QED) is 0.753. The molecule has 0 fully saturated rings. The van der Waals surface area contributed by atoms with Crippen molar-refractivity contribution in [3.63, 3.8) is 0 Å². The molecule has 0 saturated heterocycles. The summed E-state index contributed by atoms with van der Waals surface area (Å²) in [5.74, 6) is 0.729. The van der Waals surface area contributed by atoms with Crippen LogP contribution in [0, 0.1) is 0 Å². The fraction of sp³-hybridized carbons (Fsp3) is 0.231. The van der Waals surface area contributed by atoms with Crippen molar-refractivity contribution < 1.29 is 9.53 Å². The fourth-order valence-corrected chi connectivity index (χ4v) is 1.67. The van der Waals surface area contributed by atoms with Gasteiger partial charge in [0.15, 0.2) is 5.78 Å². The highest BCUT2D eigenvalue weighted by Crippen LogP contribution is 2.18. The summed E-state index contributed by atoms with van der Waals surface area (Å²) in [7, 11) is 3.44. The smallest absolute Gasteiger partial charge is 0.187 e. The van der Waals surface area contributed by atoms with Gasteiger partial charge in [-0.1, -0.05) is 18.2 Å².